The van der Waals surface area contributed by atoms with Crippen LogP contribution in [0.15, 0.2) is 0 Å². The van der Waals surface area contributed by atoms with Crippen LogP contribution < -0.4 is 5.32 Å². The van der Waals surface area contributed by atoms with Gasteiger partial charge in [-0.25, -0.2) is 0 Å². The van der Waals surface area contributed by atoms with Crippen LogP contribution in [-0.4, -0.2) is 23.3 Å². The minimum Gasteiger partial charge on any atom is -0.393 e. The standard InChI is InChI=1S/C8H15NO/c1-5-6-2-7(9-5)4-8(10)3-6/h5-10H,2-4H2,1H3/t5?,6-,7+,8-/m0/s1. The SMILES string of the molecule is CC1N[C@H]2C[C@@H](O)C[C@@H]1C2. The molecule has 2 fully saturated rings. The first-order chi connectivity index (χ1) is 4.75. The number of aliphatic hydroxyl groups is 1. The van der Waals surface area contributed by atoms with Crippen molar-refractivity contribution in [1.29, 1.82) is 0 Å². The van der Waals surface area contributed by atoms with Gasteiger partial charge in [-0.1, -0.05) is 0 Å². The van der Waals surface area contributed by atoms with Gasteiger partial charge in [0.05, 0.1) is 6.10 Å². The molecule has 0 radical (unpaired) electrons. The maximum Gasteiger partial charge on any atom is 0.0558 e. The van der Waals surface area contributed by atoms with Crippen LogP contribution in [0.4, 0.5) is 0 Å². The van der Waals surface area contributed by atoms with E-state index < -0.39 is 0 Å². The van der Waals surface area contributed by atoms with Crippen molar-refractivity contribution in [2.75, 3.05) is 0 Å². The van der Waals surface area contributed by atoms with E-state index >= 15 is 0 Å². The summed E-state index contributed by atoms with van der Waals surface area (Å²) in [7, 11) is 0. The highest BCUT2D eigenvalue weighted by Crippen LogP contribution is 2.33. The molecule has 10 heavy (non-hydrogen) atoms. The average molecular weight is 141 g/mol. The van der Waals surface area contributed by atoms with E-state index in [1.807, 2.05) is 0 Å². The van der Waals surface area contributed by atoms with E-state index in [-0.39, 0.29) is 6.10 Å². The summed E-state index contributed by atoms with van der Waals surface area (Å²) in [6.07, 6.45) is 3.25. The van der Waals surface area contributed by atoms with Crippen LogP contribution in [0, 0.1) is 5.92 Å². The summed E-state index contributed by atoms with van der Waals surface area (Å²) in [5.41, 5.74) is 0. The molecule has 0 aromatic rings. The number of rotatable bonds is 0. The summed E-state index contributed by atoms with van der Waals surface area (Å²) in [5, 5.41) is 12.9. The Hall–Kier alpha value is -0.0800. The molecule has 1 aliphatic carbocycles. The van der Waals surface area contributed by atoms with Crippen LogP contribution in [0.3, 0.4) is 0 Å². The van der Waals surface area contributed by atoms with Crippen LogP contribution in [0.1, 0.15) is 26.2 Å². The molecule has 0 aromatic carbocycles. The monoisotopic (exact) mass is 141 g/mol. The van der Waals surface area contributed by atoms with Crippen molar-refractivity contribution in [1.82, 2.24) is 5.32 Å². The van der Waals surface area contributed by atoms with Crippen LogP contribution in [0.2, 0.25) is 0 Å². The van der Waals surface area contributed by atoms with Crippen molar-refractivity contribution in [2.24, 2.45) is 5.92 Å². The number of aliphatic hydroxyl groups excluding tert-OH is 1. The molecule has 2 rings (SSSR count). The van der Waals surface area contributed by atoms with E-state index in [4.69, 9.17) is 0 Å². The summed E-state index contributed by atoms with van der Waals surface area (Å²) in [6, 6.07) is 1.26. The lowest BCUT2D eigenvalue weighted by molar-refractivity contribution is 0.109. The highest BCUT2D eigenvalue weighted by molar-refractivity contribution is 4.94. The Morgan fingerprint density at radius 1 is 1.30 bits per heavy atom. The second kappa shape index (κ2) is 2.21. The van der Waals surface area contributed by atoms with Gasteiger partial charge in [0, 0.05) is 12.1 Å². The zero-order valence-corrected chi connectivity index (χ0v) is 6.38. The summed E-state index contributed by atoms with van der Waals surface area (Å²) < 4.78 is 0. The fraction of sp³-hybridized carbons (Fsp3) is 1.00. The molecule has 58 valence electrons. The number of hydrogen-bond donors (Lipinski definition) is 2. The maximum absolute atomic E-state index is 9.37. The predicted octanol–water partition coefficient (Wildman–Crippen LogP) is 0.508. The van der Waals surface area contributed by atoms with Crippen molar-refractivity contribution < 1.29 is 5.11 Å². The summed E-state index contributed by atoms with van der Waals surface area (Å²) in [5.74, 6) is 0.744. The van der Waals surface area contributed by atoms with Crippen molar-refractivity contribution in [3.8, 4) is 0 Å². The van der Waals surface area contributed by atoms with Gasteiger partial charge in [0.2, 0.25) is 0 Å². The first kappa shape index (κ1) is 6.62. The normalized spacial score (nSPS) is 53.4. The second-order valence-corrected chi connectivity index (χ2v) is 3.77. The van der Waals surface area contributed by atoms with Crippen molar-refractivity contribution >= 4 is 0 Å². The molecule has 1 saturated heterocycles. The molecule has 1 heterocycles. The van der Waals surface area contributed by atoms with Crippen molar-refractivity contribution in [2.45, 2.75) is 44.4 Å². The van der Waals surface area contributed by atoms with E-state index in [1.54, 1.807) is 0 Å². The third kappa shape index (κ3) is 0.956. The molecule has 4 atom stereocenters. The predicted molar refractivity (Wildman–Crippen MR) is 39.7 cm³/mol. The zero-order chi connectivity index (χ0) is 7.14. The summed E-state index contributed by atoms with van der Waals surface area (Å²) in [4.78, 5) is 0. The van der Waals surface area contributed by atoms with Crippen LogP contribution in [0.25, 0.3) is 0 Å². The smallest absolute Gasteiger partial charge is 0.0558 e. The van der Waals surface area contributed by atoms with Crippen LogP contribution in [0.5, 0.6) is 0 Å². The molecule has 2 aliphatic rings. The Morgan fingerprint density at radius 2 is 2.10 bits per heavy atom. The lowest BCUT2D eigenvalue weighted by atomic mass is 9.86. The Labute approximate surface area is 61.6 Å². The van der Waals surface area contributed by atoms with E-state index in [2.05, 4.69) is 12.2 Å². The Morgan fingerprint density at radius 3 is 2.80 bits per heavy atom. The third-order valence-electron chi connectivity index (χ3n) is 2.92. The Balaban J connectivity index is 2.06. The maximum atomic E-state index is 9.37. The second-order valence-electron chi connectivity index (χ2n) is 3.77. The molecular weight excluding hydrogens is 126 g/mol. The minimum atomic E-state index is -0.0267. The molecule has 2 bridgehead atoms. The molecular formula is C8H15NO. The molecule has 0 amide bonds. The van der Waals surface area contributed by atoms with Crippen LogP contribution in [-0.2, 0) is 0 Å². The quantitative estimate of drug-likeness (QED) is 0.515. The number of fused-ring (bicyclic) bond motifs is 2. The van der Waals surface area contributed by atoms with E-state index in [0.717, 1.165) is 18.8 Å². The fourth-order valence-corrected chi connectivity index (χ4v) is 2.38. The Kier molecular flexibility index (Phi) is 1.46. The largest absolute Gasteiger partial charge is 0.393 e. The van der Waals surface area contributed by atoms with Crippen molar-refractivity contribution in [3.05, 3.63) is 0 Å². The minimum absolute atomic E-state index is 0.0267. The van der Waals surface area contributed by atoms with Gasteiger partial charge in [0.25, 0.3) is 0 Å². The fourth-order valence-electron chi connectivity index (χ4n) is 2.38. The molecule has 1 aliphatic heterocycles. The molecule has 2 N–H and O–H groups in total. The topological polar surface area (TPSA) is 32.3 Å². The first-order valence-electron chi connectivity index (χ1n) is 4.20. The van der Waals surface area contributed by atoms with E-state index in [0.29, 0.717) is 12.1 Å². The van der Waals surface area contributed by atoms with Crippen molar-refractivity contribution in [3.63, 3.8) is 0 Å². The lowest BCUT2D eigenvalue weighted by Crippen LogP contribution is -2.28. The Bertz CT molecular complexity index is 132. The molecule has 0 aromatic heterocycles. The van der Waals surface area contributed by atoms with E-state index in [9.17, 15) is 5.11 Å². The molecule has 1 saturated carbocycles. The molecule has 1 unspecified atom stereocenters. The first-order valence-corrected chi connectivity index (χ1v) is 4.20. The van der Waals surface area contributed by atoms with Gasteiger partial charge in [-0.15, -0.1) is 0 Å². The molecule has 2 nitrogen and oxygen atoms in total. The van der Waals surface area contributed by atoms with Gasteiger partial charge in [-0.3, -0.25) is 0 Å². The molecule has 0 spiro atoms. The number of hydrogen-bond acceptors (Lipinski definition) is 2. The van der Waals surface area contributed by atoms with Gasteiger partial charge in [0.15, 0.2) is 0 Å². The lowest BCUT2D eigenvalue weighted by Gasteiger charge is -2.22. The summed E-state index contributed by atoms with van der Waals surface area (Å²) >= 11 is 0. The highest BCUT2D eigenvalue weighted by Gasteiger charge is 2.37. The highest BCUT2D eigenvalue weighted by atomic mass is 16.3. The van der Waals surface area contributed by atoms with Gasteiger partial charge in [-0.2, -0.15) is 0 Å². The average Bonchev–Trinajstić information content (AvgIpc) is 2.07. The van der Waals surface area contributed by atoms with Gasteiger partial charge < -0.3 is 10.4 Å². The number of nitrogens with one attached hydrogen (secondary N) is 1. The molecule has 2 heteroatoms. The van der Waals surface area contributed by atoms with Gasteiger partial charge in [-0.05, 0) is 32.1 Å². The van der Waals surface area contributed by atoms with Gasteiger partial charge >= 0.3 is 0 Å². The zero-order valence-electron chi connectivity index (χ0n) is 6.38. The van der Waals surface area contributed by atoms with E-state index in [1.165, 1.54) is 6.42 Å². The summed E-state index contributed by atoms with van der Waals surface area (Å²) in [6.45, 7) is 2.22. The van der Waals surface area contributed by atoms with Crippen LogP contribution >= 0.6 is 0 Å². The third-order valence-corrected chi connectivity index (χ3v) is 2.92. The van der Waals surface area contributed by atoms with Gasteiger partial charge in [0.1, 0.15) is 0 Å².